The zero-order valence-electron chi connectivity index (χ0n) is 15.0. The molecule has 1 saturated heterocycles. The van der Waals surface area contributed by atoms with Gasteiger partial charge in [0.25, 0.3) is 0 Å². The summed E-state index contributed by atoms with van der Waals surface area (Å²) >= 11 is 0. The van der Waals surface area contributed by atoms with Crippen molar-refractivity contribution < 1.29 is 14.4 Å². The molecular formula is C20H22N4O3. The van der Waals surface area contributed by atoms with Crippen LogP contribution in [0, 0.1) is 11.5 Å². The van der Waals surface area contributed by atoms with Crippen LogP contribution >= 0.6 is 0 Å². The van der Waals surface area contributed by atoms with Crippen LogP contribution in [0.15, 0.2) is 54.6 Å². The van der Waals surface area contributed by atoms with Crippen molar-refractivity contribution >= 4 is 11.7 Å². The van der Waals surface area contributed by atoms with Gasteiger partial charge in [0, 0.05) is 6.54 Å². The van der Waals surface area contributed by atoms with Crippen molar-refractivity contribution in [1.82, 2.24) is 10.4 Å². The Morgan fingerprint density at radius 1 is 1.07 bits per heavy atom. The van der Waals surface area contributed by atoms with Gasteiger partial charge in [-0.05, 0) is 62.3 Å². The highest BCUT2D eigenvalue weighted by molar-refractivity contribution is 5.94. The third-order valence-corrected chi connectivity index (χ3v) is 4.27. The first-order chi connectivity index (χ1) is 13.3. The van der Waals surface area contributed by atoms with E-state index >= 15 is 0 Å². The molecular weight excluding hydrogens is 344 g/mol. The fourth-order valence-corrected chi connectivity index (χ4v) is 2.85. The lowest BCUT2D eigenvalue weighted by atomic mass is 10.3. The van der Waals surface area contributed by atoms with E-state index in [0.717, 1.165) is 30.3 Å². The number of nitrogens with zero attached hydrogens (tertiary/aromatic N) is 3. The number of nitriles is 1. The number of carbonyl (C=O) groups is 1. The van der Waals surface area contributed by atoms with Gasteiger partial charge < -0.3 is 9.57 Å². The van der Waals surface area contributed by atoms with Crippen LogP contribution in [0.25, 0.3) is 0 Å². The van der Waals surface area contributed by atoms with Crippen LogP contribution in [0.1, 0.15) is 12.8 Å². The average Bonchev–Trinajstić information content (AvgIpc) is 3.22. The molecule has 2 amide bonds. The number of carbonyl (C=O) groups excluding carboxylic acids is 1. The van der Waals surface area contributed by atoms with Crippen LogP contribution in [0.2, 0.25) is 0 Å². The Labute approximate surface area is 158 Å². The van der Waals surface area contributed by atoms with Gasteiger partial charge in [-0.25, -0.2) is 4.79 Å². The normalized spacial score (nSPS) is 13.6. The van der Waals surface area contributed by atoms with Gasteiger partial charge in [-0.15, -0.1) is 0 Å². The maximum Gasteiger partial charge on any atom is 0.368 e. The summed E-state index contributed by atoms with van der Waals surface area (Å²) in [6.45, 7) is 3.87. The van der Waals surface area contributed by atoms with E-state index in [-0.39, 0.29) is 0 Å². The van der Waals surface area contributed by atoms with Crippen molar-refractivity contribution in [3.63, 3.8) is 0 Å². The summed E-state index contributed by atoms with van der Waals surface area (Å²) < 4.78 is 5.73. The number of urea groups is 1. The lowest BCUT2D eigenvalue weighted by Gasteiger charge is -2.16. The lowest BCUT2D eigenvalue weighted by Crippen LogP contribution is -2.38. The first kappa shape index (κ1) is 18.5. The van der Waals surface area contributed by atoms with Gasteiger partial charge in [-0.1, -0.05) is 18.2 Å². The number of hydrogen-bond donors (Lipinski definition) is 1. The van der Waals surface area contributed by atoms with Crippen molar-refractivity contribution in [1.29, 1.82) is 5.26 Å². The highest BCUT2D eigenvalue weighted by Gasteiger charge is 2.15. The zero-order valence-corrected chi connectivity index (χ0v) is 15.0. The third-order valence-electron chi connectivity index (χ3n) is 4.27. The van der Waals surface area contributed by atoms with E-state index in [1.54, 1.807) is 48.5 Å². The van der Waals surface area contributed by atoms with Crippen molar-refractivity contribution in [2.24, 2.45) is 0 Å². The number of anilines is 1. The summed E-state index contributed by atoms with van der Waals surface area (Å²) in [5, 5.41) is 9.18. The Kier molecular flexibility index (Phi) is 6.50. The molecule has 2 aromatic carbocycles. The number of para-hydroxylation sites is 1. The van der Waals surface area contributed by atoms with Crippen LogP contribution in [0.5, 0.6) is 11.5 Å². The number of nitrogens with one attached hydrogen (secondary N) is 1. The van der Waals surface area contributed by atoms with E-state index in [9.17, 15) is 10.1 Å². The molecule has 140 valence electrons. The highest BCUT2D eigenvalue weighted by Crippen LogP contribution is 2.18. The van der Waals surface area contributed by atoms with E-state index < -0.39 is 6.03 Å². The predicted molar refractivity (Wildman–Crippen MR) is 101 cm³/mol. The minimum absolute atomic E-state index is 0.446. The van der Waals surface area contributed by atoms with Crippen LogP contribution < -0.4 is 20.0 Å². The quantitative estimate of drug-likeness (QED) is 0.463. The Morgan fingerprint density at radius 3 is 2.41 bits per heavy atom. The average molecular weight is 366 g/mol. The number of hydroxylamine groups is 1. The molecule has 0 unspecified atom stereocenters. The third kappa shape index (κ3) is 5.36. The molecule has 1 fully saturated rings. The minimum atomic E-state index is -0.672. The molecule has 0 radical (unpaired) electrons. The second kappa shape index (κ2) is 9.46. The molecule has 7 nitrogen and oxygen atoms in total. The van der Waals surface area contributed by atoms with Gasteiger partial charge in [-0.3, -0.25) is 4.90 Å². The van der Waals surface area contributed by atoms with Gasteiger partial charge in [-0.2, -0.15) is 15.6 Å². The van der Waals surface area contributed by atoms with E-state index in [4.69, 9.17) is 9.57 Å². The van der Waals surface area contributed by atoms with Crippen LogP contribution in [0.3, 0.4) is 0 Å². The van der Waals surface area contributed by atoms with Gasteiger partial charge in [0.2, 0.25) is 0 Å². The van der Waals surface area contributed by atoms with Crippen LogP contribution in [-0.4, -0.2) is 37.2 Å². The molecule has 3 rings (SSSR count). The number of benzene rings is 2. The summed E-state index contributed by atoms with van der Waals surface area (Å²) in [5.41, 5.74) is 2.73. The topological polar surface area (TPSA) is 77.8 Å². The summed E-state index contributed by atoms with van der Waals surface area (Å²) in [4.78, 5) is 20.7. The Bertz CT molecular complexity index is 768. The van der Waals surface area contributed by atoms with Crippen molar-refractivity contribution in [3.8, 4) is 17.7 Å². The number of likely N-dealkylation sites (tertiary alicyclic amines) is 1. The minimum Gasteiger partial charge on any atom is -0.492 e. The van der Waals surface area contributed by atoms with Gasteiger partial charge in [0.15, 0.2) is 11.9 Å². The molecule has 27 heavy (non-hydrogen) atoms. The summed E-state index contributed by atoms with van der Waals surface area (Å²) in [7, 11) is 0. The van der Waals surface area contributed by atoms with E-state index in [2.05, 4.69) is 10.4 Å². The molecule has 7 heteroatoms. The van der Waals surface area contributed by atoms with Crippen molar-refractivity contribution in [3.05, 3.63) is 54.6 Å². The van der Waals surface area contributed by atoms with Gasteiger partial charge in [0.05, 0.1) is 5.69 Å². The number of ether oxygens (including phenoxy) is 1. The first-order valence-electron chi connectivity index (χ1n) is 8.93. The standard InChI is InChI=1S/C20H22N4O3/c21-16-24(17-6-2-1-3-7-17)20(25)22-27-19-10-8-18(9-11-19)26-15-14-23-12-4-5-13-23/h1-3,6-11H,4-5,12-15H2,(H,22,25). The van der Waals surface area contributed by atoms with Gasteiger partial charge >= 0.3 is 6.03 Å². The summed E-state index contributed by atoms with van der Waals surface area (Å²) in [6, 6.07) is 14.9. The second-order valence-corrected chi connectivity index (χ2v) is 6.15. The zero-order chi connectivity index (χ0) is 18.9. The van der Waals surface area contributed by atoms with Gasteiger partial charge in [0.1, 0.15) is 12.4 Å². The molecule has 2 aromatic rings. The summed E-state index contributed by atoms with van der Waals surface area (Å²) in [5.74, 6) is 1.19. The monoisotopic (exact) mass is 366 g/mol. The Hall–Kier alpha value is -3.24. The first-order valence-corrected chi connectivity index (χ1v) is 8.93. The lowest BCUT2D eigenvalue weighted by molar-refractivity contribution is 0.185. The maximum atomic E-state index is 12.1. The Morgan fingerprint density at radius 2 is 1.74 bits per heavy atom. The van der Waals surface area contributed by atoms with E-state index in [1.807, 2.05) is 12.3 Å². The number of rotatable bonds is 7. The van der Waals surface area contributed by atoms with Crippen molar-refractivity contribution in [2.45, 2.75) is 12.8 Å². The maximum absolute atomic E-state index is 12.1. The molecule has 0 spiro atoms. The second-order valence-electron chi connectivity index (χ2n) is 6.15. The molecule has 1 aliphatic rings. The fraction of sp³-hybridized carbons (Fsp3) is 0.300. The molecule has 0 atom stereocenters. The van der Waals surface area contributed by atoms with Crippen LogP contribution in [-0.2, 0) is 0 Å². The molecule has 1 N–H and O–H groups in total. The molecule has 0 saturated carbocycles. The molecule has 0 bridgehead atoms. The largest absolute Gasteiger partial charge is 0.492 e. The van der Waals surface area contributed by atoms with E-state index in [0.29, 0.717) is 18.0 Å². The molecule has 1 heterocycles. The molecule has 0 aromatic heterocycles. The fourth-order valence-electron chi connectivity index (χ4n) is 2.85. The van der Waals surface area contributed by atoms with Crippen molar-refractivity contribution in [2.75, 3.05) is 31.1 Å². The molecule has 0 aliphatic carbocycles. The Balaban J connectivity index is 1.45. The summed E-state index contributed by atoms with van der Waals surface area (Å²) in [6.07, 6.45) is 4.37. The van der Waals surface area contributed by atoms with E-state index in [1.165, 1.54) is 12.8 Å². The highest BCUT2D eigenvalue weighted by atomic mass is 16.7. The molecule has 1 aliphatic heterocycles. The predicted octanol–water partition coefficient (Wildman–Crippen LogP) is 3.15. The smallest absolute Gasteiger partial charge is 0.368 e. The number of hydrogen-bond acceptors (Lipinski definition) is 5. The number of amides is 2. The SMILES string of the molecule is N#CN(C(=O)NOc1ccc(OCCN2CCCC2)cc1)c1ccccc1. The van der Waals surface area contributed by atoms with Crippen LogP contribution in [0.4, 0.5) is 10.5 Å².